The molecule has 0 bridgehead atoms. The SMILES string of the molecule is CCc1ccc2c(ccn2CC2CC2)c1F. The molecule has 0 unspecified atom stereocenters. The predicted molar refractivity (Wildman–Crippen MR) is 64.0 cm³/mol. The van der Waals surface area contributed by atoms with E-state index in [1.54, 1.807) is 0 Å². The average Bonchev–Trinajstić information content (AvgIpc) is 3.00. The maximum absolute atomic E-state index is 14.0. The first kappa shape index (κ1) is 9.88. The van der Waals surface area contributed by atoms with E-state index in [9.17, 15) is 4.39 Å². The van der Waals surface area contributed by atoms with Crippen molar-refractivity contribution < 1.29 is 4.39 Å². The normalized spacial score (nSPS) is 15.9. The molecule has 1 aliphatic carbocycles. The van der Waals surface area contributed by atoms with E-state index in [-0.39, 0.29) is 5.82 Å². The molecule has 0 amide bonds. The van der Waals surface area contributed by atoms with Gasteiger partial charge in [0.15, 0.2) is 0 Å². The van der Waals surface area contributed by atoms with Gasteiger partial charge in [-0.25, -0.2) is 4.39 Å². The first-order chi connectivity index (χ1) is 7.79. The van der Waals surface area contributed by atoms with Crippen molar-refractivity contribution >= 4 is 10.9 Å². The summed E-state index contributed by atoms with van der Waals surface area (Å²) in [5, 5.41) is 0.778. The summed E-state index contributed by atoms with van der Waals surface area (Å²) >= 11 is 0. The zero-order chi connectivity index (χ0) is 11.1. The molecule has 2 heteroatoms. The van der Waals surface area contributed by atoms with Crippen molar-refractivity contribution in [3.8, 4) is 0 Å². The number of hydrogen-bond acceptors (Lipinski definition) is 0. The van der Waals surface area contributed by atoms with Crippen LogP contribution in [0.2, 0.25) is 0 Å². The van der Waals surface area contributed by atoms with Gasteiger partial charge in [0.25, 0.3) is 0 Å². The van der Waals surface area contributed by atoms with Crippen molar-refractivity contribution in [2.24, 2.45) is 5.92 Å². The van der Waals surface area contributed by atoms with Crippen LogP contribution in [0, 0.1) is 11.7 Å². The van der Waals surface area contributed by atoms with Gasteiger partial charge >= 0.3 is 0 Å². The molecule has 0 atom stereocenters. The quantitative estimate of drug-likeness (QED) is 0.737. The molecule has 84 valence electrons. The Bertz CT molecular complexity index is 523. The van der Waals surface area contributed by atoms with E-state index < -0.39 is 0 Å². The van der Waals surface area contributed by atoms with Gasteiger partial charge in [0.2, 0.25) is 0 Å². The number of benzene rings is 1. The smallest absolute Gasteiger partial charge is 0.135 e. The van der Waals surface area contributed by atoms with Crippen LogP contribution in [0.25, 0.3) is 10.9 Å². The highest BCUT2D eigenvalue weighted by molar-refractivity contribution is 5.81. The molecule has 0 radical (unpaired) electrons. The van der Waals surface area contributed by atoms with E-state index in [0.29, 0.717) is 0 Å². The molecular weight excluding hydrogens is 201 g/mol. The minimum Gasteiger partial charge on any atom is -0.347 e. The van der Waals surface area contributed by atoms with E-state index in [1.165, 1.54) is 12.8 Å². The molecule has 1 aromatic carbocycles. The Morgan fingerprint density at radius 3 is 2.81 bits per heavy atom. The molecule has 0 spiro atoms. The van der Waals surface area contributed by atoms with Gasteiger partial charge in [0.1, 0.15) is 5.82 Å². The fraction of sp³-hybridized carbons (Fsp3) is 0.429. The van der Waals surface area contributed by atoms with Gasteiger partial charge in [0, 0.05) is 18.1 Å². The second kappa shape index (κ2) is 3.62. The Labute approximate surface area is 94.9 Å². The maximum Gasteiger partial charge on any atom is 0.135 e. The second-order valence-corrected chi connectivity index (χ2v) is 4.74. The zero-order valence-corrected chi connectivity index (χ0v) is 9.54. The van der Waals surface area contributed by atoms with Crippen LogP contribution in [-0.4, -0.2) is 4.57 Å². The number of fused-ring (bicyclic) bond motifs is 1. The fourth-order valence-corrected chi connectivity index (χ4v) is 2.29. The van der Waals surface area contributed by atoms with E-state index >= 15 is 0 Å². The molecule has 2 aromatic rings. The van der Waals surface area contributed by atoms with Crippen LogP contribution in [0.4, 0.5) is 4.39 Å². The van der Waals surface area contributed by atoms with Crippen molar-refractivity contribution in [3.63, 3.8) is 0 Å². The lowest BCUT2D eigenvalue weighted by Crippen LogP contribution is -1.98. The summed E-state index contributed by atoms with van der Waals surface area (Å²) in [7, 11) is 0. The minimum absolute atomic E-state index is 0.0328. The summed E-state index contributed by atoms with van der Waals surface area (Å²) in [6, 6.07) is 5.88. The summed E-state index contributed by atoms with van der Waals surface area (Å²) in [5.41, 5.74) is 1.86. The van der Waals surface area contributed by atoms with Crippen LogP contribution in [0.15, 0.2) is 24.4 Å². The lowest BCUT2D eigenvalue weighted by Gasteiger charge is -2.05. The monoisotopic (exact) mass is 217 g/mol. The van der Waals surface area contributed by atoms with Crippen molar-refractivity contribution in [2.45, 2.75) is 32.7 Å². The third-order valence-corrected chi connectivity index (χ3v) is 3.50. The van der Waals surface area contributed by atoms with Crippen LogP contribution in [0.3, 0.4) is 0 Å². The van der Waals surface area contributed by atoms with E-state index in [1.807, 2.05) is 25.3 Å². The van der Waals surface area contributed by atoms with Gasteiger partial charge in [-0.3, -0.25) is 0 Å². The summed E-state index contributed by atoms with van der Waals surface area (Å²) in [6.07, 6.45) is 5.44. The molecule has 1 fully saturated rings. The summed E-state index contributed by atoms with van der Waals surface area (Å²) in [5.74, 6) is 0.791. The van der Waals surface area contributed by atoms with Gasteiger partial charge in [-0.15, -0.1) is 0 Å². The molecule has 1 aromatic heterocycles. The molecule has 0 N–H and O–H groups in total. The van der Waals surface area contributed by atoms with Crippen molar-refractivity contribution in [1.29, 1.82) is 0 Å². The Hall–Kier alpha value is -1.31. The average molecular weight is 217 g/mol. The van der Waals surface area contributed by atoms with Crippen molar-refractivity contribution in [3.05, 3.63) is 35.8 Å². The lowest BCUT2D eigenvalue weighted by atomic mass is 10.1. The Kier molecular flexibility index (Phi) is 2.23. The van der Waals surface area contributed by atoms with Gasteiger partial charge in [0.05, 0.1) is 5.52 Å². The van der Waals surface area contributed by atoms with Gasteiger partial charge in [-0.1, -0.05) is 13.0 Å². The van der Waals surface area contributed by atoms with Crippen LogP contribution in [-0.2, 0) is 13.0 Å². The zero-order valence-electron chi connectivity index (χ0n) is 9.54. The molecule has 0 saturated heterocycles. The summed E-state index contributed by atoms with van der Waals surface area (Å²) < 4.78 is 16.2. The Balaban J connectivity index is 2.09. The molecule has 1 heterocycles. The highest BCUT2D eigenvalue weighted by Crippen LogP contribution is 2.32. The number of hydrogen-bond donors (Lipinski definition) is 0. The molecule has 3 rings (SSSR count). The van der Waals surface area contributed by atoms with E-state index in [2.05, 4.69) is 10.6 Å². The van der Waals surface area contributed by atoms with E-state index in [4.69, 9.17) is 0 Å². The highest BCUT2D eigenvalue weighted by atomic mass is 19.1. The Morgan fingerprint density at radius 1 is 1.31 bits per heavy atom. The molecule has 16 heavy (non-hydrogen) atoms. The fourth-order valence-electron chi connectivity index (χ4n) is 2.29. The van der Waals surface area contributed by atoms with Crippen LogP contribution < -0.4 is 0 Å². The first-order valence-electron chi connectivity index (χ1n) is 6.06. The third-order valence-electron chi connectivity index (χ3n) is 3.50. The van der Waals surface area contributed by atoms with Crippen LogP contribution in [0.1, 0.15) is 25.3 Å². The number of rotatable bonds is 3. The topological polar surface area (TPSA) is 4.93 Å². The lowest BCUT2D eigenvalue weighted by molar-refractivity contribution is 0.622. The van der Waals surface area contributed by atoms with Crippen LogP contribution in [0.5, 0.6) is 0 Å². The molecule has 1 aliphatic rings. The van der Waals surface area contributed by atoms with Gasteiger partial charge in [-0.2, -0.15) is 0 Å². The molecular formula is C14H16FN. The summed E-state index contributed by atoms with van der Waals surface area (Å²) in [6.45, 7) is 3.04. The predicted octanol–water partition coefficient (Wildman–Crippen LogP) is 3.75. The molecule has 0 aliphatic heterocycles. The Morgan fingerprint density at radius 2 is 2.12 bits per heavy atom. The third kappa shape index (κ3) is 1.53. The standard InChI is InChI=1S/C14H16FN/c1-2-11-5-6-13-12(14(11)15)7-8-16(13)9-10-3-4-10/h5-8,10H,2-4,9H2,1H3. The van der Waals surface area contributed by atoms with E-state index in [0.717, 1.165) is 35.3 Å². The summed E-state index contributed by atoms with van der Waals surface area (Å²) in [4.78, 5) is 0. The van der Waals surface area contributed by atoms with Gasteiger partial charge < -0.3 is 4.57 Å². The number of aromatic nitrogens is 1. The second-order valence-electron chi connectivity index (χ2n) is 4.74. The molecule has 1 nitrogen and oxygen atoms in total. The minimum atomic E-state index is -0.0328. The molecule has 1 saturated carbocycles. The maximum atomic E-state index is 14.0. The van der Waals surface area contributed by atoms with Crippen molar-refractivity contribution in [1.82, 2.24) is 4.57 Å². The highest BCUT2D eigenvalue weighted by Gasteiger charge is 2.22. The first-order valence-corrected chi connectivity index (χ1v) is 6.06. The number of aryl methyl sites for hydroxylation is 1. The largest absolute Gasteiger partial charge is 0.347 e. The number of nitrogens with zero attached hydrogens (tertiary/aromatic N) is 1. The van der Waals surface area contributed by atoms with Crippen LogP contribution >= 0.6 is 0 Å². The number of halogens is 1. The van der Waals surface area contributed by atoms with Gasteiger partial charge in [-0.05, 0) is 42.9 Å². The van der Waals surface area contributed by atoms with Crippen molar-refractivity contribution in [2.75, 3.05) is 0 Å².